The second kappa shape index (κ2) is 6.59. The number of hydrogen-bond donors (Lipinski definition) is 1. The highest BCUT2D eigenvalue weighted by atomic mass is 35.5. The molecule has 0 atom stereocenters. The van der Waals surface area contributed by atoms with Gasteiger partial charge < -0.3 is 5.32 Å². The predicted molar refractivity (Wildman–Crippen MR) is 80.1 cm³/mol. The Balaban J connectivity index is 0.00000133. The molecule has 0 unspecified atom stereocenters. The van der Waals surface area contributed by atoms with Crippen LogP contribution in [0.3, 0.4) is 0 Å². The van der Waals surface area contributed by atoms with Crippen LogP contribution in [0, 0.1) is 5.82 Å². The quantitative estimate of drug-likeness (QED) is 0.930. The second-order valence-electron chi connectivity index (χ2n) is 4.68. The Kier molecular flexibility index (Phi) is 5.07. The van der Waals surface area contributed by atoms with Gasteiger partial charge in [-0.05, 0) is 30.5 Å². The summed E-state index contributed by atoms with van der Waals surface area (Å²) < 4.78 is 13.0. The Bertz CT molecular complexity index is 465. The number of nitrogens with zero attached hydrogens (tertiary/aromatic N) is 2. The molecule has 1 aromatic carbocycles. The van der Waals surface area contributed by atoms with Crippen molar-refractivity contribution in [3.05, 3.63) is 35.6 Å². The lowest BCUT2D eigenvalue weighted by molar-refractivity contribution is 0.256. The van der Waals surface area contributed by atoms with Crippen LogP contribution < -0.4 is 5.32 Å². The Labute approximate surface area is 123 Å². The molecule has 1 saturated carbocycles. The topological polar surface area (TPSA) is 27.6 Å². The lowest BCUT2D eigenvalue weighted by Crippen LogP contribution is -2.42. The number of amidine groups is 1. The van der Waals surface area contributed by atoms with Gasteiger partial charge in [-0.2, -0.15) is 0 Å². The average molecular weight is 302 g/mol. The van der Waals surface area contributed by atoms with Crippen molar-refractivity contribution in [1.29, 1.82) is 0 Å². The van der Waals surface area contributed by atoms with Crippen molar-refractivity contribution < 1.29 is 4.39 Å². The van der Waals surface area contributed by atoms with Crippen LogP contribution in [0.1, 0.15) is 18.4 Å². The summed E-state index contributed by atoms with van der Waals surface area (Å²) in [5.41, 5.74) is 0.995. The zero-order valence-corrected chi connectivity index (χ0v) is 12.1. The van der Waals surface area contributed by atoms with Crippen LogP contribution in [0.5, 0.6) is 0 Å². The highest BCUT2D eigenvalue weighted by Gasteiger charge is 2.30. The molecular weight excluding hydrogens is 285 g/mol. The minimum Gasteiger partial charge on any atom is -0.352 e. The van der Waals surface area contributed by atoms with E-state index in [0.29, 0.717) is 0 Å². The molecule has 1 aliphatic heterocycles. The van der Waals surface area contributed by atoms with Gasteiger partial charge in [-0.15, -0.1) is 12.4 Å². The van der Waals surface area contributed by atoms with E-state index in [1.54, 1.807) is 23.9 Å². The first-order chi connectivity index (χ1) is 8.81. The summed E-state index contributed by atoms with van der Waals surface area (Å²) in [5.74, 6) is 0.582. The number of nitrogens with one attached hydrogen (secondary N) is 1. The van der Waals surface area contributed by atoms with Crippen LogP contribution in [-0.4, -0.2) is 29.4 Å². The summed E-state index contributed by atoms with van der Waals surface area (Å²) in [4.78, 5) is 6.86. The third-order valence-corrected chi connectivity index (χ3v) is 4.18. The molecule has 3 nitrogen and oxygen atoms in total. The molecule has 1 N–H and O–H groups in total. The van der Waals surface area contributed by atoms with Crippen molar-refractivity contribution in [2.45, 2.75) is 24.6 Å². The van der Waals surface area contributed by atoms with E-state index in [1.165, 1.54) is 18.9 Å². The van der Waals surface area contributed by atoms with Crippen LogP contribution in [0.15, 0.2) is 29.3 Å². The number of aliphatic imine (C=N–C) groups is 1. The van der Waals surface area contributed by atoms with Crippen LogP contribution in [0.25, 0.3) is 0 Å². The minimum atomic E-state index is -0.174. The molecular formula is C13H17ClFN3S. The maximum atomic E-state index is 13.0. The van der Waals surface area contributed by atoms with Crippen LogP contribution in [0.2, 0.25) is 0 Å². The van der Waals surface area contributed by atoms with Crippen LogP contribution in [0.4, 0.5) is 4.39 Å². The van der Waals surface area contributed by atoms with Crippen molar-refractivity contribution in [2.24, 2.45) is 4.99 Å². The molecule has 0 spiro atoms. The maximum absolute atomic E-state index is 13.0. The lowest BCUT2D eigenvalue weighted by atomic mass is 10.2. The van der Waals surface area contributed by atoms with E-state index >= 15 is 0 Å². The van der Waals surface area contributed by atoms with Crippen molar-refractivity contribution >= 4 is 29.3 Å². The number of thioether (sulfide) groups is 1. The number of hydrogen-bond acceptors (Lipinski definition) is 4. The third-order valence-electron chi connectivity index (χ3n) is 3.16. The molecule has 0 radical (unpaired) electrons. The van der Waals surface area contributed by atoms with Crippen molar-refractivity contribution in [3.63, 3.8) is 0 Å². The molecule has 3 rings (SSSR count). The molecule has 0 aromatic heterocycles. The first-order valence-electron chi connectivity index (χ1n) is 6.21. The van der Waals surface area contributed by atoms with Gasteiger partial charge >= 0.3 is 0 Å². The minimum absolute atomic E-state index is 0. The first kappa shape index (κ1) is 14.6. The van der Waals surface area contributed by atoms with E-state index in [9.17, 15) is 4.39 Å². The van der Waals surface area contributed by atoms with Crippen molar-refractivity contribution in [2.75, 3.05) is 13.3 Å². The first-order valence-corrected chi connectivity index (χ1v) is 7.19. The zero-order chi connectivity index (χ0) is 12.4. The lowest BCUT2D eigenvalue weighted by Gasteiger charge is -2.26. The predicted octanol–water partition coefficient (Wildman–Crippen LogP) is 2.82. The molecule has 104 valence electrons. The average Bonchev–Trinajstić information content (AvgIpc) is 3.21. The summed E-state index contributed by atoms with van der Waals surface area (Å²) in [6.07, 6.45) is 2.62. The summed E-state index contributed by atoms with van der Waals surface area (Å²) in [6.45, 7) is 1.68. The van der Waals surface area contributed by atoms with Gasteiger partial charge in [-0.3, -0.25) is 4.90 Å². The molecule has 1 heterocycles. The van der Waals surface area contributed by atoms with Gasteiger partial charge in [0.25, 0.3) is 0 Å². The fourth-order valence-electron chi connectivity index (χ4n) is 1.99. The van der Waals surface area contributed by atoms with Crippen LogP contribution in [-0.2, 0) is 5.75 Å². The molecule has 1 fully saturated rings. The Morgan fingerprint density at radius 3 is 2.89 bits per heavy atom. The fraction of sp³-hybridized carbons (Fsp3) is 0.462. The Morgan fingerprint density at radius 2 is 2.26 bits per heavy atom. The largest absolute Gasteiger partial charge is 0.352 e. The smallest absolute Gasteiger partial charge is 0.159 e. The van der Waals surface area contributed by atoms with Crippen LogP contribution >= 0.6 is 24.2 Å². The van der Waals surface area contributed by atoms with Gasteiger partial charge in [0, 0.05) is 11.8 Å². The molecule has 19 heavy (non-hydrogen) atoms. The molecule has 6 heteroatoms. The van der Waals surface area contributed by atoms with Gasteiger partial charge in [0.05, 0.1) is 13.3 Å². The number of benzene rings is 1. The number of rotatable bonds is 3. The number of halogens is 2. The van der Waals surface area contributed by atoms with Gasteiger partial charge in [-0.25, -0.2) is 9.38 Å². The second-order valence-corrected chi connectivity index (χ2v) is 5.64. The van der Waals surface area contributed by atoms with E-state index in [1.807, 2.05) is 6.07 Å². The monoisotopic (exact) mass is 301 g/mol. The molecule has 0 bridgehead atoms. The van der Waals surface area contributed by atoms with E-state index in [2.05, 4.69) is 15.2 Å². The van der Waals surface area contributed by atoms with Gasteiger partial charge in [-0.1, -0.05) is 23.9 Å². The highest BCUT2D eigenvalue weighted by molar-refractivity contribution is 8.13. The normalized spacial score (nSPS) is 19.3. The Hall–Kier alpha value is -0.780. The Morgan fingerprint density at radius 1 is 1.42 bits per heavy atom. The molecule has 1 aromatic rings. The van der Waals surface area contributed by atoms with E-state index in [-0.39, 0.29) is 18.2 Å². The van der Waals surface area contributed by atoms with Gasteiger partial charge in [0.1, 0.15) is 5.82 Å². The molecule has 0 saturated heterocycles. The van der Waals surface area contributed by atoms with E-state index in [4.69, 9.17) is 0 Å². The zero-order valence-electron chi connectivity index (χ0n) is 10.5. The molecule has 0 amide bonds. The summed E-state index contributed by atoms with van der Waals surface area (Å²) in [7, 11) is 0. The van der Waals surface area contributed by atoms with Crippen molar-refractivity contribution in [1.82, 2.24) is 10.2 Å². The molecule has 2 aliphatic rings. The SMILES string of the molecule is Cl.Fc1cccc(CSC2=NCN(C3CC3)CN2)c1. The van der Waals surface area contributed by atoms with Crippen molar-refractivity contribution in [3.8, 4) is 0 Å². The van der Waals surface area contributed by atoms with Gasteiger partial charge in [0.2, 0.25) is 0 Å². The summed E-state index contributed by atoms with van der Waals surface area (Å²) in [5, 5.41) is 4.29. The molecule has 1 aliphatic carbocycles. The van der Waals surface area contributed by atoms with E-state index in [0.717, 1.165) is 35.9 Å². The van der Waals surface area contributed by atoms with Gasteiger partial charge in [0.15, 0.2) is 5.17 Å². The fourth-order valence-corrected chi connectivity index (χ4v) is 2.79. The summed E-state index contributed by atoms with van der Waals surface area (Å²) in [6, 6.07) is 7.48. The van der Waals surface area contributed by atoms with E-state index < -0.39 is 0 Å². The highest BCUT2D eigenvalue weighted by Crippen LogP contribution is 2.27. The standard InChI is InChI=1S/C13H16FN3S.ClH/c14-11-3-1-2-10(6-11)7-18-13-15-8-17(9-16-13)12-4-5-12;/h1-3,6,12H,4-5,7-9H2,(H,15,16);1H. The maximum Gasteiger partial charge on any atom is 0.159 e. The third kappa shape index (κ3) is 4.09. The summed E-state index contributed by atoms with van der Waals surface area (Å²) >= 11 is 1.64.